The van der Waals surface area contributed by atoms with E-state index in [0.29, 0.717) is 12.2 Å². The van der Waals surface area contributed by atoms with Gasteiger partial charge in [-0.25, -0.2) is 4.79 Å². The Balaban J connectivity index is 1.88. The van der Waals surface area contributed by atoms with E-state index < -0.39 is 23.6 Å². The van der Waals surface area contributed by atoms with E-state index in [1.165, 1.54) is 13.2 Å². The molecule has 1 amide bonds. The van der Waals surface area contributed by atoms with Crippen LogP contribution in [0.25, 0.3) is 0 Å². The number of rotatable bonds is 2. The van der Waals surface area contributed by atoms with Gasteiger partial charge >= 0.3 is 5.97 Å². The molecule has 0 bridgehead atoms. The fourth-order valence-electron chi connectivity index (χ4n) is 4.52. The number of hydrogen-bond acceptors (Lipinski definition) is 6. The fourth-order valence-corrected chi connectivity index (χ4v) is 4.52. The third-order valence-electron chi connectivity index (χ3n) is 6.72. The molecule has 1 aliphatic heterocycles. The number of cyclic esters (lactones) is 1. The van der Waals surface area contributed by atoms with Crippen molar-refractivity contribution < 1.29 is 29.3 Å². The lowest BCUT2D eigenvalue weighted by atomic mass is 9.80. The SMILES string of the molecule is COC1C(O)=C2C(=O)O/C(C)=C/C=C/C=C/C=C\CC(c3ccccc3)NC(=O)\C=C/C=C\C=C\C=C\[C@@]2(C)[C@@H]1O. The molecule has 1 aliphatic carbocycles. The van der Waals surface area contributed by atoms with Gasteiger partial charge in [0.1, 0.15) is 23.7 Å². The number of benzene rings is 1. The summed E-state index contributed by atoms with van der Waals surface area (Å²) in [6.07, 6.45) is 24.3. The third kappa shape index (κ3) is 8.51. The first kappa shape index (κ1) is 31.1. The predicted molar refractivity (Wildman–Crippen MR) is 160 cm³/mol. The molecule has 0 saturated heterocycles. The van der Waals surface area contributed by atoms with E-state index in [0.717, 1.165) is 5.56 Å². The second kappa shape index (κ2) is 15.4. The zero-order chi connectivity index (χ0) is 29.7. The van der Waals surface area contributed by atoms with Gasteiger partial charge in [-0.15, -0.1) is 0 Å². The number of amides is 1. The zero-order valence-electron chi connectivity index (χ0n) is 23.5. The molecule has 2 aliphatic rings. The van der Waals surface area contributed by atoms with Gasteiger partial charge in [0, 0.05) is 13.2 Å². The van der Waals surface area contributed by atoms with E-state index in [1.54, 1.807) is 74.6 Å². The number of carbonyl (C=O) groups is 2. The lowest BCUT2D eigenvalue weighted by Gasteiger charge is -2.28. The number of carbonyl (C=O) groups excluding carboxylic acids is 2. The molecule has 41 heavy (non-hydrogen) atoms. The Labute approximate surface area is 241 Å². The second-order valence-electron chi connectivity index (χ2n) is 9.70. The van der Waals surface area contributed by atoms with Crippen LogP contribution in [0, 0.1) is 5.41 Å². The predicted octanol–water partition coefficient (Wildman–Crippen LogP) is 5.80. The van der Waals surface area contributed by atoms with Crippen LogP contribution in [0.5, 0.6) is 0 Å². The molecular weight excluding hydrogens is 518 g/mol. The second-order valence-corrected chi connectivity index (χ2v) is 9.70. The van der Waals surface area contributed by atoms with Gasteiger partial charge in [0.25, 0.3) is 0 Å². The molecule has 7 nitrogen and oxygen atoms in total. The van der Waals surface area contributed by atoms with Crippen LogP contribution in [0.1, 0.15) is 31.9 Å². The summed E-state index contributed by atoms with van der Waals surface area (Å²) in [5.74, 6) is -1.04. The first-order valence-electron chi connectivity index (χ1n) is 13.4. The van der Waals surface area contributed by atoms with Gasteiger partial charge in [-0.2, -0.15) is 0 Å². The molecule has 0 aromatic heterocycles. The number of aliphatic hydroxyl groups is 2. The van der Waals surface area contributed by atoms with Crippen molar-refractivity contribution in [1.29, 1.82) is 0 Å². The fraction of sp³-hybridized carbons (Fsp3) is 0.235. The molecule has 0 radical (unpaired) electrons. The van der Waals surface area contributed by atoms with Crippen LogP contribution in [0.3, 0.4) is 0 Å². The van der Waals surface area contributed by atoms with Crippen LogP contribution in [-0.2, 0) is 19.1 Å². The van der Waals surface area contributed by atoms with Gasteiger partial charge in [0.15, 0.2) is 0 Å². The molecule has 7 heteroatoms. The maximum atomic E-state index is 13.1. The summed E-state index contributed by atoms with van der Waals surface area (Å²) in [5, 5.41) is 24.7. The van der Waals surface area contributed by atoms with Gasteiger partial charge < -0.3 is 25.0 Å². The van der Waals surface area contributed by atoms with Crippen molar-refractivity contribution in [3.8, 4) is 0 Å². The van der Waals surface area contributed by atoms with Gasteiger partial charge in [-0.1, -0.05) is 109 Å². The van der Waals surface area contributed by atoms with E-state index in [9.17, 15) is 19.8 Å². The Hall–Kier alpha value is -4.46. The number of fused-ring (bicyclic) bond motifs is 1. The highest BCUT2D eigenvalue weighted by molar-refractivity contribution is 5.93. The smallest absolute Gasteiger partial charge is 0.343 e. The highest BCUT2D eigenvalue weighted by Crippen LogP contribution is 2.45. The van der Waals surface area contributed by atoms with E-state index >= 15 is 0 Å². The van der Waals surface area contributed by atoms with Crippen molar-refractivity contribution in [2.75, 3.05) is 7.11 Å². The first-order valence-corrected chi connectivity index (χ1v) is 13.4. The summed E-state index contributed by atoms with van der Waals surface area (Å²) >= 11 is 0. The number of hydrogen-bond donors (Lipinski definition) is 3. The molecular formula is C34H37NO6. The molecule has 0 fully saturated rings. The first-order chi connectivity index (χ1) is 19.8. The molecule has 0 spiro atoms. The summed E-state index contributed by atoms with van der Waals surface area (Å²) in [5.41, 5.74) is -0.327. The zero-order valence-corrected chi connectivity index (χ0v) is 23.5. The van der Waals surface area contributed by atoms with E-state index in [4.69, 9.17) is 9.47 Å². The van der Waals surface area contributed by atoms with E-state index in [-0.39, 0.29) is 23.3 Å². The highest BCUT2D eigenvalue weighted by Gasteiger charge is 2.53. The molecule has 2 unspecified atom stereocenters. The summed E-state index contributed by atoms with van der Waals surface area (Å²) in [6.45, 7) is 3.26. The van der Waals surface area contributed by atoms with Crippen molar-refractivity contribution in [2.24, 2.45) is 5.41 Å². The largest absolute Gasteiger partial charge is 0.509 e. The minimum atomic E-state index is -1.26. The summed E-state index contributed by atoms with van der Waals surface area (Å²) in [7, 11) is 1.35. The minimum absolute atomic E-state index is 0.0731. The van der Waals surface area contributed by atoms with Gasteiger partial charge in [-0.05, 0) is 31.9 Å². The number of ether oxygens (including phenoxy) is 2. The summed E-state index contributed by atoms with van der Waals surface area (Å²) in [4.78, 5) is 25.7. The van der Waals surface area contributed by atoms with Crippen molar-refractivity contribution >= 4 is 11.9 Å². The Morgan fingerprint density at radius 1 is 0.927 bits per heavy atom. The molecule has 214 valence electrons. The Morgan fingerprint density at radius 2 is 1.56 bits per heavy atom. The monoisotopic (exact) mass is 555 g/mol. The normalized spacial score (nSPS) is 33.1. The molecule has 3 N–H and O–H groups in total. The molecule has 1 heterocycles. The molecule has 3 rings (SSSR count). The van der Waals surface area contributed by atoms with Crippen LogP contribution in [0.15, 0.2) is 139 Å². The number of aliphatic hydroxyl groups excluding tert-OH is 2. The molecule has 1 aromatic carbocycles. The lowest BCUT2D eigenvalue weighted by Crippen LogP contribution is -2.37. The van der Waals surface area contributed by atoms with Crippen LogP contribution in [-0.4, -0.2) is 41.4 Å². The van der Waals surface area contributed by atoms with Crippen LogP contribution in [0.4, 0.5) is 0 Å². The van der Waals surface area contributed by atoms with Crippen molar-refractivity contribution in [3.05, 3.63) is 144 Å². The average Bonchev–Trinajstić information content (AvgIpc) is 3.14. The van der Waals surface area contributed by atoms with Gasteiger partial charge in [0.2, 0.25) is 5.91 Å². The Kier molecular flexibility index (Phi) is 11.6. The van der Waals surface area contributed by atoms with Crippen molar-refractivity contribution in [2.45, 2.75) is 38.5 Å². The maximum absolute atomic E-state index is 13.1. The molecule has 4 atom stereocenters. The van der Waals surface area contributed by atoms with Crippen LogP contribution in [0.2, 0.25) is 0 Å². The number of esters is 1. The Bertz CT molecular complexity index is 1340. The molecule has 0 saturated carbocycles. The molecule has 1 aromatic rings. The van der Waals surface area contributed by atoms with Gasteiger partial charge in [0.05, 0.1) is 17.0 Å². The van der Waals surface area contributed by atoms with E-state index in [1.807, 2.05) is 54.6 Å². The quantitative estimate of drug-likeness (QED) is 0.399. The van der Waals surface area contributed by atoms with Gasteiger partial charge in [-0.3, -0.25) is 4.79 Å². The number of allylic oxidation sites excluding steroid dienone is 13. The average molecular weight is 556 g/mol. The number of methoxy groups -OCH3 is 1. The Morgan fingerprint density at radius 3 is 2.27 bits per heavy atom. The van der Waals surface area contributed by atoms with Crippen LogP contribution < -0.4 is 5.32 Å². The summed E-state index contributed by atoms with van der Waals surface area (Å²) in [6, 6.07) is 9.60. The standard InChI is InChI=1S/C34H37NO6/c1-25-19-13-8-4-5-9-16-22-27(26-20-14-12-15-21-26)35-28(36)23-17-10-6-7-11-18-24-34(2)29(33(39)41-25)30(37)31(40-3)32(34)38/h4-21,23-24,27,31-32,37-38H,22H2,1-3H3,(H,35,36)/b5-4+,10-6-,11-7+,13-8+,16-9-,23-17-,24-18+,25-19+/t27?,31?,32-,34-/m1/s1. The highest BCUT2D eigenvalue weighted by atomic mass is 16.5. The number of nitrogens with one attached hydrogen (secondary N) is 1. The summed E-state index contributed by atoms with van der Waals surface area (Å²) < 4.78 is 10.7. The van der Waals surface area contributed by atoms with Crippen LogP contribution >= 0.6 is 0 Å². The maximum Gasteiger partial charge on any atom is 0.343 e. The topological polar surface area (TPSA) is 105 Å². The third-order valence-corrected chi connectivity index (χ3v) is 6.72. The minimum Gasteiger partial charge on any atom is -0.509 e. The lowest BCUT2D eigenvalue weighted by molar-refractivity contribution is -0.136. The van der Waals surface area contributed by atoms with E-state index in [2.05, 4.69) is 5.32 Å². The van der Waals surface area contributed by atoms with Crippen molar-refractivity contribution in [3.63, 3.8) is 0 Å². The van der Waals surface area contributed by atoms with Crippen molar-refractivity contribution in [1.82, 2.24) is 5.32 Å².